The van der Waals surface area contributed by atoms with E-state index in [-0.39, 0.29) is 30.1 Å². The van der Waals surface area contributed by atoms with Crippen LogP contribution in [0.15, 0.2) is 42.5 Å². The van der Waals surface area contributed by atoms with E-state index in [1.54, 1.807) is 35.2 Å². The third kappa shape index (κ3) is 3.35. The summed E-state index contributed by atoms with van der Waals surface area (Å²) in [5.74, 6) is 0.718. The van der Waals surface area contributed by atoms with Crippen LogP contribution in [0.2, 0.25) is 0 Å². The Balaban J connectivity index is 1.18. The van der Waals surface area contributed by atoms with Gasteiger partial charge in [0.25, 0.3) is 0 Å². The smallest absolute Gasteiger partial charge is 0.321 e. The Morgan fingerprint density at radius 1 is 1.07 bits per heavy atom. The maximum atomic E-state index is 13.3. The highest BCUT2D eigenvalue weighted by Crippen LogP contribution is 2.58. The number of likely N-dealkylation sites (tertiary alicyclic amines) is 1. The molecule has 2 heterocycles. The second-order valence-electron chi connectivity index (χ2n) is 7.79. The highest BCUT2D eigenvalue weighted by Gasteiger charge is 2.61. The van der Waals surface area contributed by atoms with Crippen molar-refractivity contribution in [3.8, 4) is 11.5 Å². The molecular formula is C21H20FN3O4. The quantitative estimate of drug-likeness (QED) is 0.832. The average Bonchev–Trinajstić information content (AvgIpc) is 3.01. The summed E-state index contributed by atoms with van der Waals surface area (Å²) in [6.07, 6.45) is 1.54. The number of amides is 3. The first-order valence-corrected chi connectivity index (χ1v) is 9.54. The van der Waals surface area contributed by atoms with Gasteiger partial charge in [-0.3, -0.25) is 4.79 Å². The number of nitrogens with zero attached hydrogens (tertiary/aromatic N) is 1. The van der Waals surface area contributed by atoms with Crippen molar-refractivity contribution in [2.45, 2.75) is 12.8 Å². The van der Waals surface area contributed by atoms with Crippen LogP contribution in [0.1, 0.15) is 12.8 Å². The zero-order chi connectivity index (χ0) is 20.0. The number of urea groups is 1. The first-order chi connectivity index (χ1) is 14.0. The number of halogens is 1. The van der Waals surface area contributed by atoms with Gasteiger partial charge in [0, 0.05) is 41.9 Å². The van der Waals surface area contributed by atoms with Crippen molar-refractivity contribution in [1.29, 1.82) is 0 Å². The fourth-order valence-corrected chi connectivity index (χ4v) is 4.21. The molecule has 2 atom stereocenters. The van der Waals surface area contributed by atoms with E-state index in [0.29, 0.717) is 36.0 Å². The Labute approximate surface area is 166 Å². The minimum atomic E-state index is -0.400. The summed E-state index contributed by atoms with van der Waals surface area (Å²) >= 11 is 0. The molecule has 1 saturated carbocycles. The predicted octanol–water partition coefficient (Wildman–Crippen LogP) is 3.44. The van der Waals surface area contributed by atoms with E-state index >= 15 is 0 Å². The molecule has 3 aliphatic rings. The van der Waals surface area contributed by atoms with Crippen molar-refractivity contribution in [2.75, 3.05) is 30.5 Å². The second-order valence-corrected chi connectivity index (χ2v) is 7.79. The summed E-state index contributed by atoms with van der Waals surface area (Å²) in [5, 5.41) is 5.66. The first-order valence-electron chi connectivity index (χ1n) is 9.54. The number of rotatable bonds is 3. The Kier molecular flexibility index (Phi) is 4.08. The van der Waals surface area contributed by atoms with Gasteiger partial charge in [0.1, 0.15) is 5.82 Å². The van der Waals surface area contributed by atoms with Crippen molar-refractivity contribution in [3.05, 3.63) is 48.3 Å². The fraction of sp³-hybridized carbons (Fsp3) is 0.333. The fourth-order valence-electron chi connectivity index (χ4n) is 4.21. The van der Waals surface area contributed by atoms with E-state index in [2.05, 4.69) is 10.6 Å². The molecule has 2 aromatic carbocycles. The molecule has 1 spiro atoms. The highest BCUT2D eigenvalue weighted by molar-refractivity contribution is 5.96. The summed E-state index contributed by atoms with van der Waals surface area (Å²) in [4.78, 5) is 26.9. The lowest BCUT2D eigenvalue weighted by Gasteiger charge is -2.17. The number of benzene rings is 2. The maximum Gasteiger partial charge on any atom is 0.321 e. The summed E-state index contributed by atoms with van der Waals surface area (Å²) in [6.45, 7) is 1.29. The molecule has 8 heteroatoms. The molecule has 1 aliphatic carbocycles. The van der Waals surface area contributed by atoms with Crippen molar-refractivity contribution in [3.63, 3.8) is 0 Å². The molecule has 1 saturated heterocycles. The maximum absolute atomic E-state index is 13.3. The zero-order valence-electron chi connectivity index (χ0n) is 15.6. The summed E-state index contributed by atoms with van der Waals surface area (Å²) in [6, 6.07) is 10.8. The van der Waals surface area contributed by atoms with Gasteiger partial charge in [-0.25, -0.2) is 9.18 Å². The SMILES string of the molecule is O=C(Nc1ccc2c(c1)OCO2)C1CC12CCN(C(=O)Nc1cccc(F)c1)C2. The van der Waals surface area contributed by atoms with E-state index in [1.807, 2.05) is 0 Å². The van der Waals surface area contributed by atoms with Crippen molar-refractivity contribution >= 4 is 23.3 Å². The van der Waals surface area contributed by atoms with Crippen LogP contribution in [-0.4, -0.2) is 36.7 Å². The molecule has 2 N–H and O–H groups in total. The standard InChI is InChI=1S/C21H20FN3O4/c22-13-2-1-3-14(8-13)24-20(27)25-7-6-21(11-25)10-16(21)19(26)23-15-4-5-17-18(9-15)29-12-28-17/h1-5,8-9,16H,6-7,10-12H2,(H,23,26)(H,24,27). The number of nitrogens with one attached hydrogen (secondary N) is 2. The lowest BCUT2D eigenvalue weighted by molar-refractivity contribution is -0.118. The van der Waals surface area contributed by atoms with Crippen LogP contribution in [0.25, 0.3) is 0 Å². The third-order valence-electron chi connectivity index (χ3n) is 5.89. The molecule has 3 amide bonds. The summed E-state index contributed by atoms with van der Waals surface area (Å²) in [5.41, 5.74) is 0.920. The van der Waals surface area contributed by atoms with Gasteiger partial charge >= 0.3 is 6.03 Å². The molecule has 150 valence electrons. The molecule has 2 unspecified atom stereocenters. The van der Waals surface area contributed by atoms with Crippen LogP contribution in [0.4, 0.5) is 20.6 Å². The van der Waals surface area contributed by atoms with Crippen molar-refractivity contribution < 1.29 is 23.5 Å². The molecule has 2 aliphatic heterocycles. The number of anilines is 2. The van der Waals surface area contributed by atoms with Crippen LogP contribution in [0.5, 0.6) is 11.5 Å². The Morgan fingerprint density at radius 2 is 1.90 bits per heavy atom. The lowest BCUT2D eigenvalue weighted by atomic mass is 10.0. The monoisotopic (exact) mass is 397 g/mol. The molecule has 0 radical (unpaired) electrons. The molecule has 2 fully saturated rings. The minimum Gasteiger partial charge on any atom is -0.454 e. The number of hydrogen-bond acceptors (Lipinski definition) is 4. The van der Waals surface area contributed by atoms with Crippen LogP contribution < -0.4 is 20.1 Å². The number of carbonyl (C=O) groups excluding carboxylic acids is 2. The predicted molar refractivity (Wildman–Crippen MR) is 103 cm³/mol. The number of fused-ring (bicyclic) bond motifs is 1. The van der Waals surface area contributed by atoms with Gasteiger partial charge in [0.05, 0.1) is 0 Å². The molecule has 2 aromatic rings. The summed E-state index contributed by atoms with van der Waals surface area (Å²) in [7, 11) is 0. The van der Waals surface area contributed by atoms with Gasteiger partial charge in [0.2, 0.25) is 12.7 Å². The van der Waals surface area contributed by atoms with Crippen molar-refractivity contribution in [1.82, 2.24) is 4.90 Å². The lowest BCUT2D eigenvalue weighted by Crippen LogP contribution is -2.33. The molecule has 0 aromatic heterocycles. The largest absolute Gasteiger partial charge is 0.454 e. The highest BCUT2D eigenvalue weighted by atomic mass is 19.1. The van der Waals surface area contributed by atoms with Gasteiger partial charge in [-0.2, -0.15) is 0 Å². The van der Waals surface area contributed by atoms with Crippen molar-refractivity contribution in [2.24, 2.45) is 11.3 Å². The third-order valence-corrected chi connectivity index (χ3v) is 5.89. The van der Waals surface area contributed by atoms with Gasteiger partial charge in [-0.1, -0.05) is 6.07 Å². The Hall–Kier alpha value is -3.29. The first kappa shape index (κ1) is 17.8. The van der Waals surface area contributed by atoms with Crippen LogP contribution >= 0.6 is 0 Å². The number of hydrogen-bond donors (Lipinski definition) is 2. The normalized spacial score (nSPS) is 23.9. The van der Waals surface area contributed by atoms with E-state index < -0.39 is 5.82 Å². The molecule has 0 bridgehead atoms. The van der Waals surface area contributed by atoms with E-state index in [1.165, 1.54) is 12.1 Å². The van der Waals surface area contributed by atoms with Gasteiger partial charge < -0.3 is 25.0 Å². The van der Waals surface area contributed by atoms with Gasteiger partial charge in [-0.05, 0) is 43.2 Å². The van der Waals surface area contributed by atoms with E-state index in [4.69, 9.17) is 9.47 Å². The minimum absolute atomic E-state index is 0.0451. The van der Waals surface area contributed by atoms with Gasteiger partial charge in [0.15, 0.2) is 11.5 Å². The van der Waals surface area contributed by atoms with Crippen LogP contribution in [-0.2, 0) is 4.79 Å². The Bertz CT molecular complexity index is 998. The molecule has 5 rings (SSSR count). The van der Waals surface area contributed by atoms with E-state index in [0.717, 1.165) is 12.8 Å². The molecule has 29 heavy (non-hydrogen) atoms. The molecular weight excluding hydrogens is 377 g/mol. The van der Waals surface area contributed by atoms with E-state index in [9.17, 15) is 14.0 Å². The average molecular weight is 397 g/mol. The summed E-state index contributed by atoms with van der Waals surface area (Å²) < 4.78 is 23.9. The number of ether oxygens (including phenoxy) is 2. The Morgan fingerprint density at radius 3 is 2.76 bits per heavy atom. The van der Waals surface area contributed by atoms with Crippen LogP contribution in [0, 0.1) is 17.2 Å². The topological polar surface area (TPSA) is 79.9 Å². The van der Waals surface area contributed by atoms with Gasteiger partial charge in [-0.15, -0.1) is 0 Å². The number of carbonyl (C=O) groups is 2. The second kappa shape index (κ2) is 6.65. The van der Waals surface area contributed by atoms with Crippen LogP contribution in [0.3, 0.4) is 0 Å². The molecule has 7 nitrogen and oxygen atoms in total. The zero-order valence-corrected chi connectivity index (χ0v) is 15.6.